The van der Waals surface area contributed by atoms with Crippen LogP contribution in [0.4, 0.5) is 17.3 Å². The topological polar surface area (TPSA) is 117 Å². The lowest BCUT2D eigenvalue weighted by atomic mass is 10.1. The highest BCUT2D eigenvalue weighted by atomic mass is 35.5. The Kier molecular flexibility index (Phi) is 6.01. The average molecular weight is 510 g/mol. The molecule has 178 valence electrons. The molecule has 11 heteroatoms. The van der Waals surface area contributed by atoms with Gasteiger partial charge in [0.25, 0.3) is 0 Å². The lowest BCUT2D eigenvalue weighted by Gasteiger charge is -2.16. The Bertz CT molecular complexity index is 1510. The Hall–Kier alpha value is -3.73. The second-order valence-electron chi connectivity index (χ2n) is 7.97. The van der Waals surface area contributed by atoms with Crippen molar-refractivity contribution < 1.29 is 17.6 Å². The maximum Gasteiger partial charge on any atom is 0.243 e. The van der Waals surface area contributed by atoms with E-state index in [1.807, 2.05) is 0 Å². The zero-order chi connectivity index (χ0) is 24.6. The highest BCUT2D eigenvalue weighted by Crippen LogP contribution is 2.35. The van der Waals surface area contributed by atoms with Gasteiger partial charge in [-0.1, -0.05) is 11.6 Å². The largest absolute Gasteiger partial charge is 0.468 e. The third-order valence-corrected chi connectivity index (χ3v) is 7.56. The second-order valence-corrected chi connectivity index (χ2v) is 10.5. The van der Waals surface area contributed by atoms with Crippen molar-refractivity contribution >= 4 is 44.9 Å². The number of nitrogens with one attached hydrogen (secondary N) is 2. The highest BCUT2D eigenvalue weighted by Gasteiger charge is 2.23. The fourth-order valence-corrected chi connectivity index (χ4v) is 5.06. The Morgan fingerprint density at radius 3 is 2.71 bits per heavy atom. The number of hydrogen-bond acceptors (Lipinski definition) is 7. The van der Waals surface area contributed by atoms with E-state index in [9.17, 15) is 13.2 Å². The summed E-state index contributed by atoms with van der Waals surface area (Å²) in [6.07, 6.45) is 3.25. The van der Waals surface area contributed by atoms with Gasteiger partial charge in [-0.3, -0.25) is 4.79 Å². The number of rotatable bonds is 6. The van der Waals surface area contributed by atoms with Gasteiger partial charge in [-0.2, -0.15) is 4.31 Å². The molecule has 0 fully saturated rings. The Morgan fingerprint density at radius 2 is 1.97 bits per heavy atom. The molecule has 0 saturated heterocycles. The van der Waals surface area contributed by atoms with Crippen LogP contribution in [0.25, 0.3) is 11.3 Å². The number of hydrogen-bond donors (Lipinski definition) is 2. The molecule has 1 amide bonds. The van der Waals surface area contributed by atoms with Gasteiger partial charge in [0.1, 0.15) is 5.76 Å². The number of carbonyl (C=O) groups is 1. The number of carbonyl (C=O) groups excluding carboxylic acids is 1. The van der Waals surface area contributed by atoms with E-state index in [0.717, 1.165) is 5.56 Å². The van der Waals surface area contributed by atoms with Gasteiger partial charge >= 0.3 is 0 Å². The molecule has 0 atom stereocenters. The lowest BCUT2D eigenvalue weighted by Crippen LogP contribution is -2.26. The Labute approximate surface area is 206 Å². The molecular formula is C24H20ClN5O4S. The fraction of sp³-hybridized carbons (Fsp3) is 0.125. The van der Waals surface area contributed by atoms with Gasteiger partial charge in [0, 0.05) is 35.1 Å². The fourth-order valence-electron chi connectivity index (χ4n) is 3.75. The SMILES string of the molecule is CN(Cc1ccco1)S(=O)(=O)c1ccc(Nc2ncc3c(n2)-c2ccc(Cl)cc2NC(=O)C3)cc1. The molecule has 2 N–H and O–H groups in total. The van der Waals surface area contributed by atoms with Gasteiger partial charge in [-0.25, -0.2) is 18.4 Å². The number of nitrogens with zero attached hydrogens (tertiary/aromatic N) is 3. The van der Waals surface area contributed by atoms with Crippen molar-refractivity contribution in [2.24, 2.45) is 0 Å². The summed E-state index contributed by atoms with van der Waals surface area (Å²) < 4.78 is 32.2. The third kappa shape index (κ3) is 4.76. The van der Waals surface area contributed by atoms with Crippen LogP contribution in [-0.4, -0.2) is 35.6 Å². The van der Waals surface area contributed by atoms with E-state index in [0.29, 0.717) is 39.4 Å². The van der Waals surface area contributed by atoms with Crippen LogP contribution in [0, 0.1) is 0 Å². The first-order chi connectivity index (χ1) is 16.8. The number of fused-ring (bicyclic) bond motifs is 3. The number of amides is 1. The van der Waals surface area contributed by atoms with Crippen molar-refractivity contribution in [2.45, 2.75) is 17.9 Å². The van der Waals surface area contributed by atoms with Gasteiger partial charge in [0.2, 0.25) is 21.9 Å². The van der Waals surface area contributed by atoms with Gasteiger partial charge in [-0.05, 0) is 54.6 Å². The predicted molar refractivity (Wildman–Crippen MR) is 132 cm³/mol. The van der Waals surface area contributed by atoms with Crippen molar-refractivity contribution in [3.8, 4) is 11.3 Å². The molecule has 0 aliphatic carbocycles. The molecule has 0 saturated carbocycles. The van der Waals surface area contributed by atoms with E-state index in [4.69, 9.17) is 16.0 Å². The average Bonchev–Trinajstić information content (AvgIpc) is 3.29. The zero-order valence-electron chi connectivity index (χ0n) is 18.5. The van der Waals surface area contributed by atoms with E-state index in [1.165, 1.54) is 29.7 Å². The summed E-state index contributed by atoms with van der Waals surface area (Å²) >= 11 is 6.10. The van der Waals surface area contributed by atoms with Gasteiger partial charge < -0.3 is 15.1 Å². The number of sulfonamides is 1. The molecule has 4 aromatic rings. The molecule has 2 aromatic heterocycles. The van der Waals surface area contributed by atoms with Crippen LogP contribution in [0.5, 0.6) is 0 Å². The predicted octanol–water partition coefficient (Wildman–Crippen LogP) is 4.45. The molecule has 2 aromatic carbocycles. The first kappa shape index (κ1) is 23.0. The first-order valence-corrected chi connectivity index (χ1v) is 12.4. The molecule has 0 radical (unpaired) electrons. The van der Waals surface area contributed by atoms with Crippen LogP contribution in [0.3, 0.4) is 0 Å². The van der Waals surface area contributed by atoms with Crippen molar-refractivity contribution in [1.29, 1.82) is 0 Å². The van der Waals surface area contributed by atoms with Crippen molar-refractivity contribution in [1.82, 2.24) is 14.3 Å². The van der Waals surface area contributed by atoms with Crippen LogP contribution in [0.2, 0.25) is 5.02 Å². The molecule has 0 unspecified atom stereocenters. The molecule has 0 bridgehead atoms. The maximum atomic E-state index is 12.9. The van der Waals surface area contributed by atoms with E-state index in [1.54, 1.807) is 48.7 Å². The van der Waals surface area contributed by atoms with E-state index < -0.39 is 10.0 Å². The number of benzene rings is 2. The summed E-state index contributed by atoms with van der Waals surface area (Å²) in [5.41, 5.74) is 3.24. The minimum atomic E-state index is -3.70. The van der Waals surface area contributed by atoms with Gasteiger partial charge in [0.05, 0.1) is 35.5 Å². The van der Waals surface area contributed by atoms with Gasteiger partial charge in [0.15, 0.2) is 0 Å². The van der Waals surface area contributed by atoms with Gasteiger partial charge in [-0.15, -0.1) is 0 Å². The summed E-state index contributed by atoms with van der Waals surface area (Å²) in [7, 11) is -2.20. The number of halogens is 1. The second kappa shape index (κ2) is 9.14. The van der Waals surface area contributed by atoms with Crippen LogP contribution < -0.4 is 10.6 Å². The molecule has 0 spiro atoms. The number of aromatic nitrogens is 2. The summed E-state index contributed by atoms with van der Waals surface area (Å²) in [6, 6.07) is 15.0. The van der Waals surface area contributed by atoms with Crippen LogP contribution in [0.1, 0.15) is 11.3 Å². The van der Waals surface area contributed by atoms with Crippen LogP contribution >= 0.6 is 11.6 Å². The summed E-state index contributed by atoms with van der Waals surface area (Å²) in [6.45, 7) is 0.127. The molecule has 1 aliphatic heterocycles. The molecule has 1 aliphatic rings. The summed E-state index contributed by atoms with van der Waals surface area (Å²) in [5.74, 6) is 0.686. The third-order valence-electron chi connectivity index (χ3n) is 5.50. The summed E-state index contributed by atoms with van der Waals surface area (Å²) in [5, 5.41) is 6.44. The normalized spacial score (nSPS) is 13.1. The highest BCUT2D eigenvalue weighted by molar-refractivity contribution is 7.89. The Balaban J connectivity index is 1.38. The first-order valence-electron chi connectivity index (χ1n) is 10.6. The van der Waals surface area contributed by atoms with Crippen molar-refractivity contribution in [3.05, 3.63) is 83.4 Å². The monoisotopic (exact) mass is 509 g/mol. The Morgan fingerprint density at radius 1 is 1.17 bits per heavy atom. The van der Waals surface area contributed by atoms with E-state index in [-0.39, 0.29) is 23.8 Å². The number of anilines is 3. The van der Waals surface area contributed by atoms with Crippen LogP contribution in [0.15, 0.2) is 76.4 Å². The quantitative estimate of drug-likeness (QED) is 0.394. The van der Waals surface area contributed by atoms with Crippen molar-refractivity contribution in [3.63, 3.8) is 0 Å². The lowest BCUT2D eigenvalue weighted by molar-refractivity contribution is -0.115. The summed E-state index contributed by atoms with van der Waals surface area (Å²) in [4.78, 5) is 21.4. The smallest absolute Gasteiger partial charge is 0.243 e. The number of furan rings is 1. The standard InChI is InChI=1S/C24H20ClN5O4S/c1-30(14-18-3-2-10-34-18)35(32,33)19-7-5-17(6-8-19)27-24-26-13-15-11-22(31)28-21-12-16(25)4-9-20(21)23(15)29-24/h2-10,12-13H,11,14H2,1H3,(H,28,31)(H,26,27,29). The molecule has 3 heterocycles. The van der Waals surface area contributed by atoms with Crippen molar-refractivity contribution in [2.75, 3.05) is 17.7 Å². The minimum Gasteiger partial charge on any atom is -0.468 e. The van der Waals surface area contributed by atoms with Crippen LogP contribution in [-0.2, 0) is 27.8 Å². The van der Waals surface area contributed by atoms with E-state index >= 15 is 0 Å². The molecule has 35 heavy (non-hydrogen) atoms. The molecule has 9 nitrogen and oxygen atoms in total. The zero-order valence-corrected chi connectivity index (χ0v) is 20.1. The molecule has 5 rings (SSSR count). The minimum absolute atomic E-state index is 0.127. The molecular weight excluding hydrogens is 490 g/mol. The van der Waals surface area contributed by atoms with E-state index in [2.05, 4.69) is 20.6 Å². The maximum absolute atomic E-state index is 12.9.